The molecule has 0 amide bonds. The topological polar surface area (TPSA) is 79.7 Å². The van der Waals surface area contributed by atoms with Crippen LogP contribution in [0.1, 0.15) is 31.1 Å². The number of ether oxygens (including phenoxy) is 1. The van der Waals surface area contributed by atoms with E-state index in [0.717, 1.165) is 0 Å². The highest BCUT2D eigenvalue weighted by molar-refractivity contribution is 5.90. The smallest absolute Gasteiger partial charge is 0.338 e. The SMILES string of the molecule is COC(=O)c1ccnc(N(CC(=O)O)C(C)(C)C)c1. The fourth-order valence-electron chi connectivity index (χ4n) is 1.61. The van der Waals surface area contributed by atoms with Gasteiger partial charge in [0.2, 0.25) is 0 Å². The molecule has 0 bridgehead atoms. The summed E-state index contributed by atoms with van der Waals surface area (Å²) in [4.78, 5) is 28.2. The van der Waals surface area contributed by atoms with Crippen LogP contribution in [-0.4, -0.2) is 41.2 Å². The first-order valence-electron chi connectivity index (χ1n) is 5.79. The summed E-state index contributed by atoms with van der Waals surface area (Å²) in [6.45, 7) is 5.44. The van der Waals surface area contributed by atoms with Crippen LogP contribution in [0.5, 0.6) is 0 Å². The van der Waals surface area contributed by atoms with Gasteiger partial charge in [0.25, 0.3) is 0 Å². The van der Waals surface area contributed by atoms with E-state index in [1.54, 1.807) is 4.90 Å². The van der Waals surface area contributed by atoms with Crippen LogP contribution < -0.4 is 4.90 Å². The number of anilines is 1. The molecule has 0 unspecified atom stereocenters. The highest BCUT2D eigenvalue weighted by atomic mass is 16.5. The molecule has 0 radical (unpaired) electrons. The van der Waals surface area contributed by atoms with Gasteiger partial charge in [0, 0.05) is 11.7 Å². The second kappa shape index (κ2) is 5.69. The van der Waals surface area contributed by atoms with E-state index in [0.29, 0.717) is 11.4 Å². The summed E-state index contributed by atoms with van der Waals surface area (Å²) in [5.41, 5.74) is -0.0905. The minimum Gasteiger partial charge on any atom is -0.480 e. The van der Waals surface area contributed by atoms with Gasteiger partial charge < -0.3 is 14.7 Å². The summed E-state index contributed by atoms with van der Waals surface area (Å²) in [5.74, 6) is -1.01. The first-order valence-corrected chi connectivity index (χ1v) is 5.79. The second-order valence-corrected chi connectivity index (χ2v) is 5.05. The van der Waals surface area contributed by atoms with Gasteiger partial charge >= 0.3 is 11.9 Å². The molecule has 0 fully saturated rings. The third kappa shape index (κ3) is 3.94. The number of carbonyl (C=O) groups is 2. The molecule has 0 saturated heterocycles. The molecular formula is C13H18N2O4. The lowest BCUT2D eigenvalue weighted by atomic mass is 10.1. The number of esters is 1. The quantitative estimate of drug-likeness (QED) is 0.833. The molecule has 1 aromatic heterocycles. The Hall–Kier alpha value is -2.11. The minimum atomic E-state index is -0.958. The van der Waals surface area contributed by atoms with Gasteiger partial charge in [-0.1, -0.05) is 0 Å². The lowest BCUT2D eigenvalue weighted by Crippen LogP contribution is -2.45. The second-order valence-electron chi connectivity index (χ2n) is 5.05. The molecule has 0 aliphatic heterocycles. The molecule has 0 aliphatic carbocycles. The van der Waals surface area contributed by atoms with Gasteiger partial charge in [-0.25, -0.2) is 9.78 Å². The number of carbonyl (C=O) groups excluding carboxylic acids is 1. The van der Waals surface area contributed by atoms with Crippen molar-refractivity contribution in [2.24, 2.45) is 0 Å². The van der Waals surface area contributed by atoms with Crippen LogP contribution in [0.4, 0.5) is 5.82 Å². The van der Waals surface area contributed by atoms with E-state index in [1.165, 1.54) is 25.4 Å². The Morgan fingerprint density at radius 3 is 2.53 bits per heavy atom. The number of hydrogen-bond donors (Lipinski definition) is 1. The van der Waals surface area contributed by atoms with Crippen molar-refractivity contribution in [1.29, 1.82) is 0 Å². The summed E-state index contributed by atoms with van der Waals surface area (Å²) in [7, 11) is 1.29. The van der Waals surface area contributed by atoms with Crippen LogP contribution in [0.25, 0.3) is 0 Å². The van der Waals surface area contributed by atoms with Crippen LogP contribution in [0.3, 0.4) is 0 Å². The molecule has 1 heterocycles. The molecule has 19 heavy (non-hydrogen) atoms. The maximum Gasteiger partial charge on any atom is 0.338 e. The molecule has 0 atom stereocenters. The first kappa shape index (κ1) is 14.9. The van der Waals surface area contributed by atoms with Crippen LogP contribution >= 0.6 is 0 Å². The molecule has 1 rings (SSSR count). The Balaban J connectivity index is 3.16. The van der Waals surface area contributed by atoms with Crippen molar-refractivity contribution in [2.45, 2.75) is 26.3 Å². The predicted octanol–water partition coefficient (Wildman–Crippen LogP) is 1.56. The largest absolute Gasteiger partial charge is 0.480 e. The normalized spacial score (nSPS) is 10.9. The van der Waals surface area contributed by atoms with Crippen molar-refractivity contribution >= 4 is 17.8 Å². The van der Waals surface area contributed by atoms with Gasteiger partial charge in [-0.3, -0.25) is 4.79 Å². The Morgan fingerprint density at radius 2 is 2.05 bits per heavy atom. The monoisotopic (exact) mass is 266 g/mol. The van der Waals surface area contributed by atoms with Gasteiger partial charge in [-0.2, -0.15) is 0 Å². The molecular weight excluding hydrogens is 248 g/mol. The van der Waals surface area contributed by atoms with Crippen LogP contribution in [0.2, 0.25) is 0 Å². The molecule has 0 aliphatic rings. The van der Waals surface area contributed by atoms with Gasteiger partial charge in [0.05, 0.1) is 12.7 Å². The van der Waals surface area contributed by atoms with Crippen molar-refractivity contribution in [3.05, 3.63) is 23.9 Å². The fraction of sp³-hybridized carbons (Fsp3) is 0.462. The Labute approximate surface area is 112 Å². The molecule has 6 nitrogen and oxygen atoms in total. The fourth-order valence-corrected chi connectivity index (χ4v) is 1.61. The average molecular weight is 266 g/mol. The highest BCUT2D eigenvalue weighted by Gasteiger charge is 2.25. The van der Waals surface area contributed by atoms with Crippen LogP contribution in [0.15, 0.2) is 18.3 Å². The van der Waals surface area contributed by atoms with Crippen molar-refractivity contribution in [3.63, 3.8) is 0 Å². The zero-order valence-electron chi connectivity index (χ0n) is 11.5. The number of methoxy groups -OCH3 is 1. The summed E-state index contributed by atoms with van der Waals surface area (Å²) >= 11 is 0. The van der Waals surface area contributed by atoms with E-state index < -0.39 is 17.5 Å². The first-order chi connectivity index (χ1) is 8.75. The lowest BCUT2D eigenvalue weighted by Gasteiger charge is -2.35. The lowest BCUT2D eigenvalue weighted by molar-refractivity contribution is -0.135. The van der Waals surface area contributed by atoms with Crippen LogP contribution in [-0.2, 0) is 9.53 Å². The summed E-state index contributed by atoms with van der Waals surface area (Å²) in [6.07, 6.45) is 1.46. The zero-order chi connectivity index (χ0) is 14.6. The van der Waals surface area contributed by atoms with Gasteiger partial charge in [-0.05, 0) is 32.9 Å². The number of carboxylic acid groups (broad SMARTS) is 1. The van der Waals surface area contributed by atoms with Gasteiger partial charge in [0.15, 0.2) is 0 Å². The Bertz CT molecular complexity index is 480. The standard InChI is InChI=1S/C13H18N2O4/c1-13(2,3)15(8-11(16)17)10-7-9(5-6-14-10)12(18)19-4/h5-7H,8H2,1-4H3,(H,16,17). The zero-order valence-corrected chi connectivity index (χ0v) is 11.5. The summed E-state index contributed by atoms with van der Waals surface area (Å²) in [6, 6.07) is 3.05. The van der Waals surface area contributed by atoms with Crippen molar-refractivity contribution in [1.82, 2.24) is 4.98 Å². The van der Waals surface area contributed by atoms with E-state index in [2.05, 4.69) is 9.72 Å². The third-order valence-electron chi connectivity index (χ3n) is 2.55. The average Bonchev–Trinajstić information content (AvgIpc) is 2.33. The Morgan fingerprint density at radius 1 is 1.42 bits per heavy atom. The number of carboxylic acids is 1. The Kier molecular flexibility index (Phi) is 4.47. The number of hydrogen-bond acceptors (Lipinski definition) is 5. The van der Waals surface area contributed by atoms with Crippen molar-refractivity contribution < 1.29 is 19.4 Å². The minimum absolute atomic E-state index is 0.193. The highest BCUT2D eigenvalue weighted by Crippen LogP contribution is 2.22. The van der Waals surface area contributed by atoms with E-state index in [-0.39, 0.29) is 6.54 Å². The molecule has 0 aromatic carbocycles. The number of nitrogens with zero attached hydrogens (tertiary/aromatic N) is 2. The number of aliphatic carboxylic acids is 1. The summed E-state index contributed by atoms with van der Waals surface area (Å²) in [5, 5.41) is 8.97. The summed E-state index contributed by atoms with van der Waals surface area (Å²) < 4.78 is 4.64. The van der Waals surface area contributed by atoms with E-state index in [1.807, 2.05) is 20.8 Å². The third-order valence-corrected chi connectivity index (χ3v) is 2.55. The molecule has 6 heteroatoms. The maximum absolute atomic E-state index is 11.5. The van der Waals surface area contributed by atoms with E-state index in [4.69, 9.17) is 5.11 Å². The molecule has 1 N–H and O–H groups in total. The molecule has 0 spiro atoms. The number of aromatic nitrogens is 1. The predicted molar refractivity (Wildman–Crippen MR) is 70.3 cm³/mol. The number of pyridine rings is 1. The van der Waals surface area contributed by atoms with Crippen LogP contribution in [0, 0.1) is 0 Å². The maximum atomic E-state index is 11.5. The number of rotatable bonds is 4. The van der Waals surface area contributed by atoms with Gasteiger partial charge in [0.1, 0.15) is 12.4 Å². The van der Waals surface area contributed by atoms with E-state index in [9.17, 15) is 9.59 Å². The molecule has 1 aromatic rings. The van der Waals surface area contributed by atoms with E-state index >= 15 is 0 Å². The van der Waals surface area contributed by atoms with Crippen molar-refractivity contribution in [3.8, 4) is 0 Å². The van der Waals surface area contributed by atoms with Gasteiger partial charge in [-0.15, -0.1) is 0 Å². The molecule has 0 saturated carbocycles. The molecule has 104 valence electrons. The van der Waals surface area contributed by atoms with Crippen molar-refractivity contribution in [2.75, 3.05) is 18.6 Å².